The predicted molar refractivity (Wildman–Crippen MR) is 64.5 cm³/mol. The van der Waals surface area contributed by atoms with E-state index in [0.717, 1.165) is 11.0 Å². The Hall–Kier alpha value is -0.350. The summed E-state index contributed by atoms with van der Waals surface area (Å²) in [6.07, 6.45) is 0. The second kappa shape index (κ2) is 6.40. The van der Waals surface area contributed by atoms with Gasteiger partial charge in [0.05, 0.1) is 27.7 Å². The lowest BCUT2D eigenvalue weighted by Gasteiger charge is -2.34. The van der Waals surface area contributed by atoms with Crippen molar-refractivity contribution in [3.63, 3.8) is 0 Å². The molecule has 0 spiro atoms. The average Bonchev–Trinajstić information content (AvgIpc) is 1.95. The molecule has 0 aromatic rings. The zero-order chi connectivity index (χ0) is 12.3. The Morgan fingerprint density at radius 3 is 2.06 bits per heavy atom. The average molecular weight is 293 g/mol. The fourth-order valence-corrected chi connectivity index (χ4v) is 1.81. The van der Waals surface area contributed by atoms with E-state index in [4.69, 9.17) is 0 Å². The first-order chi connectivity index (χ1) is 6.53. The number of hydrogen-bond acceptors (Lipinski definition) is 1. The molecular formula is C12H25BrN2O. The summed E-state index contributed by atoms with van der Waals surface area (Å²) in [5.41, 5.74) is 0.666. The lowest BCUT2D eigenvalue weighted by molar-refractivity contribution is -0.876. The van der Waals surface area contributed by atoms with Gasteiger partial charge in [-0.25, -0.2) is 0 Å². The van der Waals surface area contributed by atoms with Crippen molar-refractivity contribution in [3.05, 3.63) is 12.2 Å². The third kappa shape index (κ3) is 8.92. The Labute approximate surface area is 110 Å². The minimum absolute atomic E-state index is 0. The second-order valence-corrected chi connectivity index (χ2v) is 6.08. The van der Waals surface area contributed by atoms with Crippen LogP contribution >= 0.6 is 0 Å². The number of carbonyl (C=O) groups is 1. The molecule has 0 aliphatic heterocycles. The van der Waals surface area contributed by atoms with Crippen molar-refractivity contribution in [2.24, 2.45) is 5.41 Å². The highest BCUT2D eigenvalue weighted by Crippen LogP contribution is 2.17. The molecule has 0 bridgehead atoms. The van der Waals surface area contributed by atoms with Crippen LogP contribution in [0.2, 0.25) is 0 Å². The number of carbonyl (C=O) groups excluding carboxylic acids is 1. The fraction of sp³-hybridized carbons (Fsp3) is 0.750. The molecule has 0 heterocycles. The van der Waals surface area contributed by atoms with Gasteiger partial charge in [-0.05, 0) is 6.92 Å². The highest BCUT2D eigenvalue weighted by Gasteiger charge is 2.26. The van der Waals surface area contributed by atoms with Gasteiger partial charge in [-0.3, -0.25) is 4.79 Å². The summed E-state index contributed by atoms with van der Waals surface area (Å²) in [7, 11) is 6.47. The maximum absolute atomic E-state index is 11.3. The molecule has 0 aromatic carbocycles. The number of quaternary nitrogens is 1. The van der Waals surface area contributed by atoms with E-state index < -0.39 is 0 Å². The Balaban J connectivity index is 0. The van der Waals surface area contributed by atoms with Gasteiger partial charge in [-0.1, -0.05) is 20.4 Å². The molecule has 0 atom stereocenters. The van der Waals surface area contributed by atoms with E-state index in [-0.39, 0.29) is 28.3 Å². The Morgan fingerprint density at radius 1 is 1.31 bits per heavy atom. The monoisotopic (exact) mass is 292 g/mol. The summed E-state index contributed by atoms with van der Waals surface area (Å²) in [5.74, 6) is -0.0514. The van der Waals surface area contributed by atoms with Gasteiger partial charge in [-0.2, -0.15) is 0 Å². The largest absolute Gasteiger partial charge is 1.00 e. The number of nitrogens with one attached hydrogen (secondary N) is 1. The van der Waals surface area contributed by atoms with Crippen LogP contribution in [0.1, 0.15) is 20.8 Å². The molecule has 0 aromatic heterocycles. The minimum atomic E-state index is -0.0514. The van der Waals surface area contributed by atoms with E-state index >= 15 is 0 Å². The molecule has 0 aliphatic rings. The molecule has 96 valence electrons. The van der Waals surface area contributed by atoms with Gasteiger partial charge < -0.3 is 26.8 Å². The summed E-state index contributed by atoms with van der Waals surface area (Å²) in [4.78, 5) is 11.3. The van der Waals surface area contributed by atoms with E-state index in [1.54, 1.807) is 6.92 Å². The van der Waals surface area contributed by atoms with Crippen LogP contribution < -0.4 is 22.3 Å². The third-order valence-corrected chi connectivity index (χ3v) is 2.02. The molecule has 0 saturated carbocycles. The summed E-state index contributed by atoms with van der Waals surface area (Å²) in [5, 5.41) is 2.90. The van der Waals surface area contributed by atoms with Crippen LogP contribution in [0.3, 0.4) is 0 Å². The van der Waals surface area contributed by atoms with Crippen molar-refractivity contribution in [1.82, 2.24) is 5.32 Å². The predicted octanol–water partition coefficient (Wildman–Crippen LogP) is -1.58. The van der Waals surface area contributed by atoms with Gasteiger partial charge in [0.1, 0.15) is 0 Å². The highest BCUT2D eigenvalue weighted by atomic mass is 79.9. The minimum Gasteiger partial charge on any atom is -1.00 e. The number of nitrogens with zero attached hydrogens (tertiary/aromatic N) is 1. The van der Waals surface area contributed by atoms with E-state index in [0.29, 0.717) is 12.1 Å². The smallest absolute Gasteiger partial charge is 0.246 e. The zero-order valence-electron chi connectivity index (χ0n) is 11.4. The van der Waals surface area contributed by atoms with E-state index in [9.17, 15) is 4.79 Å². The van der Waals surface area contributed by atoms with Crippen molar-refractivity contribution < 1.29 is 26.3 Å². The van der Waals surface area contributed by atoms with Crippen molar-refractivity contribution in [1.29, 1.82) is 0 Å². The van der Waals surface area contributed by atoms with Crippen molar-refractivity contribution >= 4 is 5.91 Å². The topological polar surface area (TPSA) is 29.1 Å². The normalized spacial score (nSPS) is 11.6. The fourth-order valence-electron chi connectivity index (χ4n) is 1.81. The first kappa shape index (κ1) is 18.0. The van der Waals surface area contributed by atoms with Gasteiger partial charge in [0.2, 0.25) is 5.91 Å². The summed E-state index contributed by atoms with van der Waals surface area (Å²) < 4.78 is 0.899. The zero-order valence-corrected chi connectivity index (χ0v) is 12.9. The van der Waals surface area contributed by atoms with Gasteiger partial charge in [0.25, 0.3) is 0 Å². The SMILES string of the molecule is C=C(C)C(=O)NCC(C)(C)C[N+](C)(C)C.[Br-]. The molecule has 0 fully saturated rings. The van der Waals surface area contributed by atoms with Crippen LogP contribution in [0.4, 0.5) is 0 Å². The summed E-state index contributed by atoms with van der Waals surface area (Å²) >= 11 is 0. The van der Waals surface area contributed by atoms with Gasteiger partial charge in [-0.15, -0.1) is 0 Å². The molecule has 1 N–H and O–H groups in total. The lowest BCUT2D eigenvalue weighted by atomic mass is 9.92. The summed E-state index contributed by atoms with van der Waals surface area (Å²) in [6, 6.07) is 0. The van der Waals surface area contributed by atoms with Crippen molar-refractivity contribution in [2.75, 3.05) is 34.2 Å². The second-order valence-electron chi connectivity index (χ2n) is 6.08. The van der Waals surface area contributed by atoms with Gasteiger partial charge in [0.15, 0.2) is 0 Å². The highest BCUT2D eigenvalue weighted by molar-refractivity contribution is 5.92. The van der Waals surface area contributed by atoms with Crippen LogP contribution in [0.15, 0.2) is 12.2 Å². The van der Waals surface area contributed by atoms with Gasteiger partial charge >= 0.3 is 0 Å². The molecule has 4 heteroatoms. The van der Waals surface area contributed by atoms with Crippen molar-refractivity contribution in [2.45, 2.75) is 20.8 Å². The van der Waals surface area contributed by atoms with E-state index in [1.165, 1.54) is 0 Å². The molecule has 0 rings (SSSR count). The molecular weight excluding hydrogens is 268 g/mol. The van der Waals surface area contributed by atoms with Crippen LogP contribution in [-0.4, -0.2) is 44.6 Å². The Kier molecular flexibility index (Phi) is 7.21. The van der Waals surface area contributed by atoms with Crippen LogP contribution in [0.5, 0.6) is 0 Å². The molecule has 1 amide bonds. The third-order valence-electron chi connectivity index (χ3n) is 2.02. The van der Waals surface area contributed by atoms with Crippen LogP contribution in [-0.2, 0) is 4.79 Å². The number of amides is 1. The molecule has 0 radical (unpaired) electrons. The number of rotatable bonds is 5. The molecule has 16 heavy (non-hydrogen) atoms. The lowest BCUT2D eigenvalue weighted by Crippen LogP contribution is -3.00. The molecule has 0 unspecified atom stereocenters. The van der Waals surface area contributed by atoms with Crippen molar-refractivity contribution in [3.8, 4) is 0 Å². The standard InChI is InChI=1S/C12H24N2O.BrH/c1-10(2)11(15)13-8-12(3,4)9-14(5,6)7;/h1,8-9H2,2-7H3;1H. The van der Waals surface area contributed by atoms with E-state index in [2.05, 4.69) is 46.9 Å². The first-order valence-electron chi connectivity index (χ1n) is 5.28. The van der Waals surface area contributed by atoms with E-state index in [1.807, 2.05) is 0 Å². The Morgan fingerprint density at radius 2 is 1.75 bits per heavy atom. The molecule has 3 nitrogen and oxygen atoms in total. The van der Waals surface area contributed by atoms with Crippen LogP contribution in [0.25, 0.3) is 0 Å². The quantitative estimate of drug-likeness (QED) is 0.481. The van der Waals surface area contributed by atoms with Crippen LogP contribution in [0, 0.1) is 5.41 Å². The number of hydrogen-bond donors (Lipinski definition) is 1. The van der Waals surface area contributed by atoms with Gasteiger partial charge in [0, 0.05) is 17.5 Å². The Bertz CT molecular complexity index is 254. The molecule has 0 aliphatic carbocycles. The molecule has 0 saturated heterocycles. The number of halogens is 1. The maximum atomic E-state index is 11.3. The summed E-state index contributed by atoms with van der Waals surface area (Å²) in [6.45, 7) is 11.4. The first-order valence-corrected chi connectivity index (χ1v) is 5.28. The maximum Gasteiger partial charge on any atom is 0.246 e.